The van der Waals surface area contributed by atoms with E-state index in [1.807, 2.05) is 0 Å². The van der Waals surface area contributed by atoms with Crippen LogP contribution in [-0.2, 0) is 14.9 Å². The highest BCUT2D eigenvalue weighted by Gasteiger charge is 2.51. The number of halogens is 4. The van der Waals surface area contributed by atoms with Crippen LogP contribution < -0.4 is 0 Å². The van der Waals surface area contributed by atoms with Crippen LogP contribution in [0, 0.1) is 0 Å². The Hall–Kier alpha value is -1.67. The Kier molecular flexibility index (Phi) is 5.98. The predicted octanol–water partition coefficient (Wildman–Crippen LogP) is 5.89. The van der Waals surface area contributed by atoms with Crippen LogP contribution in [0.4, 0.5) is 0 Å². The normalized spacial score (nSPS) is 13.8. The van der Waals surface area contributed by atoms with Crippen molar-refractivity contribution in [3.05, 3.63) is 91.4 Å². The molecular weight excluding hydrogens is 482 g/mol. The van der Waals surface area contributed by atoms with Crippen molar-refractivity contribution in [2.45, 2.75) is 4.75 Å². The van der Waals surface area contributed by atoms with Gasteiger partial charge in [0.1, 0.15) is 0 Å². The smallest absolute Gasteiger partial charge is 0.283 e. The fourth-order valence-electron chi connectivity index (χ4n) is 3.19. The van der Waals surface area contributed by atoms with Crippen LogP contribution >= 0.6 is 46.4 Å². The molecule has 3 aromatic carbocycles. The molecule has 3 rings (SSSR count). The maximum atomic E-state index is 13.0. The Morgan fingerprint density at radius 1 is 0.759 bits per heavy atom. The Labute approximate surface area is 186 Å². The van der Waals surface area contributed by atoms with Crippen LogP contribution in [-0.4, -0.2) is 23.2 Å². The van der Waals surface area contributed by atoms with Gasteiger partial charge in [-0.3, -0.25) is 4.55 Å². The van der Waals surface area contributed by atoms with E-state index in [4.69, 9.17) is 46.4 Å². The summed E-state index contributed by atoms with van der Waals surface area (Å²) in [5, 5.41) is 19.8. The second-order valence-electron chi connectivity index (χ2n) is 6.09. The van der Waals surface area contributed by atoms with Crippen LogP contribution in [0.2, 0.25) is 20.1 Å². The van der Waals surface area contributed by atoms with Gasteiger partial charge in [0.25, 0.3) is 10.1 Å². The molecule has 5 nitrogen and oxygen atoms in total. The van der Waals surface area contributed by atoms with Gasteiger partial charge in [0.15, 0.2) is 16.2 Å². The third-order valence-electron chi connectivity index (χ3n) is 4.40. The Morgan fingerprint density at radius 3 is 1.79 bits per heavy atom. The van der Waals surface area contributed by atoms with Gasteiger partial charge in [0, 0.05) is 20.6 Å². The zero-order valence-corrected chi connectivity index (χ0v) is 18.1. The van der Waals surface area contributed by atoms with Gasteiger partial charge in [-0.15, -0.1) is 0 Å². The molecule has 0 spiro atoms. The topological polar surface area (TPSA) is 94.8 Å². The fourth-order valence-corrected chi connectivity index (χ4v) is 5.65. The summed E-state index contributed by atoms with van der Waals surface area (Å²) in [6.07, 6.45) is 0. The molecule has 10 heteroatoms. The van der Waals surface area contributed by atoms with Gasteiger partial charge < -0.3 is 10.2 Å². The molecule has 0 aliphatic heterocycles. The molecule has 0 heterocycles. The number of benzene rings is 3. The Bertz CT molecular complexity index is 1150. The van der Waals surface area contributed by atoms with Crippen LogP contribution in [0.3, 0.4) is 0 Å². The highest BCUT2D eigenvalue weighted by Crippen LogP contribution is 2.51. The quantitative estimate of drug-likeness (QED) is 0.239. The van der Waals surface area contributed by atoms with Gasteiger partial charge in [-0.2, -0.15) is 8.42 Å². The minimum absolute atomic E-state index is 0.0283. The van der Waals surface area contributed by atoms with Crippen LogP contribution in [0.5, 0.6) is 11.5 Å². The number of rotatable bonds is 4. The maximum absolute atomic E-state index is 13.0. The largest absolute Gasteiger partial charge is 0.504 e. The summed E-state index contributed by atoms with van der Waals surface area (Å²) in [6, 6.07) is 11.9. The van der Waals surface area contributed by atoms with Gasteiger partial charge in [-0.1, -0.05) is 64.6 Å². The standard InChI is InChI=1S/C19H12Cl4O5S/c20-12-6-4-10(5-7-12)19(29(26,27)28,17-13(21)2-1-3-14(17)22)11-8-15(23)18(25)16(24)9-11/h1-9,24-25H,(H,26,27,28). The lowest BCUT2D eigenvalue weighted by Crippen LogP contribution is -2.38. The molecule has 0 radical (unpaired) electrons. The van der Waals surface area contributed by atoms with Crippen LogP contribution in [0.25, 0.3) is 0 Å². The van der Waals surface area contributed by atoms with E-state index in [2.05, 4.69) is 0 Å². The zero-order chi connectivity index (χ0) is 21.6. The molecule has 0 aliphatic carbocycles. The highest BCUT2D eigenvalue weighted by atomic mass is 35.5. The molecule has 3 aromatic rings. The van der Waals surface area contributed by atoms with Crippen molar-refractivity contribution >= 4 is 56.5 Å². The average Bonchev–Trinajstić information content (AvgIpc) is 2.62. The Balaban J connectivity index is 2.61. The molecule has 0 fully saturated rings. The van der Waals surface area contributed by atoms with Crippen molar-refractivity contribution in [3.8, 4) is 11.5 Å². The molecule has 0 aliphatic rings. The molecule has 29 heavy (non-hydrogen) atoms. The second-order valence-corrected chi connectivity index (χ2v) is 9.31. The Morgan fingerprint density at radius 2 is 1.31 bits per heavy atom. The molecule has 3 N–H and O–H groups in total. The molecule has 152 valence electrons. The molecule has 1 atom stereocenters. The third-order valence-corrected chi connectivity index (χ3v) is 7.02. The van der Waals surface area contributed by atoms with Crippen molar-refractivity contribution in [3.63, 3.8) is 0 Å². The van der Waals surface area contributed by atoms with E-state index in [0.29, 0.717) is 5.02 Å². The van der Waals surface area contributed by atoms with Crippen molar-refractivity contribution in [1.82, 2.24) is 0 Å². The minimum atomic E-state index is -5.05. The van der Waals surface area contributed by atoms with E-state index < -0.39 is 26.4 Å². The molecule has 0 bridgehead atoms. The molecule has 1 unspecified atom stereocenters. The lowest BCUT2D eigenvalue weighted by atomic mass is 9.83. The monoisotopic (exact) mass is 492 g/mol. The first-order chi connectivity index (χ1) is 13.5. The molecule has 0 saturated carbocycles. The average molecular weight is 494 g/mol. The predicted molar refractivity (Wildman–Crippen MR) is 114 cm³/mol. The van der Waals surface area contributed by atoms with Gasteiger partial charge in [-0.25, -0.2) is 0 Å². The van der Waals surface area contributed by atoms with E-state index in [-0.39, 0.29) is 31.8 Å². The first kappa shape index (κ1) is 22.0. The number of aromatic hydroxyl groups is 2. The van der Waals surface area contributed by atoms with Gasteiger partial charge in [0.2, 0.25) is 0 Å². The number of hydrogen-bond acceptors (Lipinski definition) is 4. The fraction of sp³-hybridized carbons (Fsp3) is 0.0526. The lowest BCUT2D eigenvalue weighted by molar-refractivity contribution is 0.402. The SMILES string of the molecule is O=S(=O)(O)C(c1ccc(Cl)cc1)(c1cc(O)c(O)c(Cl)c1)c1c(Cl)cccc1Cl. The van der Waals surface area contributed by atoms with Crippen molar-refractivity contribution in [1.29, 1.82) is 0 Å². The first-order valence-corrected chi connectivity index (χ1v) is 10.8. The molecule has 0 saturated heterocycles. The number of phenolic OH excluding ortho intramolecular Hbond substituents is 2. The van der Waals surface area contributed by atoms with Gasteiger partial charge >= 0.3 is 0 Å². The maximum Gasteiger partial charge on any atom is 0.283 e. The van der Waals surface area contributed by atoms with Gasteiger partial charge in [-0.05, 0) is 47.5 Å². The molecule has 0 aromatic heterocycles. The van der Waals surface area contributed by atoms with Crippen molar-refractivity contribution < 1.29 is 23.2 Å². The van der Waals surface area contributed by atoms with Crippen LogP contribution in [0.1, 0.15) is 16.7 Å². The van der Waals surface area contributed by atoms with E-state index in [1.54, 1.807) is 0 Å². The van der Waals surface area contributed by atoms with Crippen molar-refractivity contribution in [2.75, 3.05) is 0 Å². The molecular formula is C19H12Cl4O5S. The minimum Gasteiger partial charge on any atom is -0.504 e. The summed E-state index contributed by atoms with van der Waals surface area (Å²) in [6.45, 7) is 0. The highest BCUT2D eigenvalue weighted by molar-refractivity contribution is 7.87. The third kappa shape index (κ3) is 3.65. The van der Waals surface area contributed by atoms with E-state index in [9.17, 15) is 23.2 Å². The summed E-state index contributed by atoms with van der Waals surface area (Å²) in [4.78, 5) is 0. The van der Waals surface area contributed by atoms with E-state index >= 15 is 0 Å². The second kappa shape index (κ2) is 7.87. The zero-order valence-electron chi connectivity index (χ0n) is 14.3. The summed E-state index contributed by atoms with van der Waals surface area (Å²) in [5.74, 6) is -1.35. The molecule has 0 amide bonds. The first-order valence-electron chi connectivity index (χ1n) is 7.89. The summed E-state index contributed by atoms with van der Waals surface area (Å²) in [7, 11) is -5.05. The lowest BCUT2D eigenvalue weighted by Gasteiger charge is -2.34. The summed E-state index contributed by atoms with van der Waals surface area (Å²) in [5.41, 5.74) is -0.326. The summed E-state index contributed by atoms with van der Waals surface area (Å²) < 4.78 is 34.0. The number of phenols is 2. The van der Waals surface area contributed by atoms with Crippen molar-refractivity contribution in [2.24, 2.45) is 0 Å². The number of hydrogen-bond donors (Lipinski definition) is 3. The van der Waals surface area contributed by atoms with E-state index in [1.165, 1.54) is 42.5 Å². The van der Waals surface area contributed by atoms with Gasteiger partial charge in [0.05, 0.1) is 5.02 Å². The van der Waals surface area contributed by atoms with E-state index in [0.717, 1.165) is 12.1 Å². The van der Waals surface area contributed by atoms with Crippen LogP contribution in [0.15, 0.2) is 54.6 Å². The summed E-state index contributed by atoms with van der Waals surface area (Å²) >= 11 is 24.6.